The van der Waals surface area contributed by atoms with Crippen LogP contribution in [0.15, 0.2) is 47.4 Å². The van der Waals surface area contributed by atoms with E-state index in [1.807, 2.05) is 18.2 Å². The van der Waals surface area contributed by atoms with Crippen LogP contribution in [0.3, 0.4) is 0 Å². The van der Waals surface area contributed by atoms with Gasteiger partial charge in [-0.05, 0) is 60.7 Å². The molecular weight excluding hydrogens is 284 g/mol. The van der Waals surface area contributed by atoms with Crippen LogP contribution in [0.2, 0.25) is 0 Å². The summed E-state index contributed by atoms with van der Waals surface area (Å²) in [6.45, 7) is 0. The van der Waals surface area contributed by atoms with Gasteiger partial charge in [0.15, 0.2) is 0 Å². The van der Waals surface area contributed by atoms with Gasteiger partial charge in [0.05, 0.1) is 16.5 Å². The fourth-order valence-corrected chi connectivity index (χ4v) is 3.68. The average Bonchev–Trinajstić information content (AvgIpc) is 2.94. The number of nitrogens with zero attached hydrogens (tertiary/aromatic N) is 1. The van der Waals surface area contributed by atoms with Crippen LogP contribution in [0, 0.1) is 11.3 Å². The minimum atomic E-state index is -3.66. The molecule has 5 heteroatoms. The second-order valence-electron chi connectivity index (χ2n) is 5.08. The van der Waals surface area contributed by atoms with E-state index in [-0.39, 0.29) is 4.90 Å². The Morgan fingerprint density at radius 1 is 1.05 bits per heavy atom. The van der Waals surface area contributed by atoms with Gasteiger partial charge in [-0.25, -0.2) is 8.42 Å². The number of anilines is 1. The second kappa shape index (κ2) is 5.23. The summed E-state index contributed by atoms with van der Waals surface area (Å²) in [5.74, 6) is 0. The van der Waals surface area contributed by atoms with Gasteiger partial charge in [-0.15, -0.1) is 0 Å². The van der Waals surface area contributed by atoms with Gasteiger partial charge in [-0.2, -0.15) is 5.26 Å². The SMILES string of the molecule is N#Cc1cccc(S(=O)(=O)Nc2ccc3c(c2)CCC3)c1. The van der Waals surface area contributed by atoms with Crippen molar-refractivity contribution in [2.24, 2.45) is 0 Å². The molecular formula is C16H14N2O2S. The molecule has 21 heavy (non-hydrogen) atoms. The molecule has 2 aromatic rings. The summed E-state index contributed by atoms with van der Waals surface area (Å²) < 4.78 is 27.3. The first-order valence-electron chi connectivity index (χ1n) is 6.73. The van der Waals surface area contributed by atoms with Crippen molar-refractivity contribution in [1.82, 2.24) is 0 Å². The fraction of sp³-hybridized carbons (Fsp3) is 0.188. The lowest BCUT2D eigenvalue weighted by atomic mass is 10.1. The van der Waals surface area contributed by atoms with E-state index in [9.17, 15) is 8.42 Å². The van der Waals surface area contributed by atoms with Crippen molar-refractivity contribution in [3.05, 3.63) is 59.2 Å². The Morgan fingerprint density at radius 2 is 1.86 bits per heavy atom. The van der Waals surface area contributed by atoms with Gasteiger partial charge >= 0.3 is 0 Å². The zero-order chi connectivity index (χ0) is 14.9. The Morgan fingerprint density at radius 3 is 2.67 bits per heavy atom. The first-order chi connectivity index (χ1) is 10.1. The average molecular weight is 298 g/mol. The number of hydrogen-bond donors (Lipinski definition) is 1. The highest BCUT2D eigenvalue weighted by atomic mass is 32.2. The molecule has 1 N–H and O–H groups in total. The van der Waals surface area contributed by atoms with Gasteiger partial charge in [0.2, 0.25) is 0 Å². The Hall–Kier alpha value is -2.32. The van der Waals surface area contributed by atoms with E-state index in [4.69, 9.17) is 5.26 Å². The molecule has 106 valence electrons. The maximum absolute atomic E-state index is 12.3. The number of fused-ring (bicyclic) bond motifs is 1. The fourth-order valence-electron chi connectivity index (χ4n) is 2.58. The molecule has 0 spiro atoms. The molecule has 0 saturated carbocycles. The number of benzene rings is 2. The van der Waals surface area contributed by atoms with Crippen molar-refractivity contribution in [2.75, 3.05) is 4.72 Å². The molecule has 0 amide bonds. The molecule has 0 aromatic heterocycles. The predicted octanol–water partition coefficient (Wildman–Crippen LogP) is 2.85. The third-order valence-corrected chi connectivity index (χ3v) is 5.00. The standard InChI is InChI=1S/C16H14N2O2S/c17-11-12-3-1-6-16(9-12)21(19,20)18-15-8-7-13-4-2-5-14(13)10-15/h1,3,6-10,18H,2,4-5H2. The maximum Gasteiger partial charge on any atom is 0.261 e. The summed E-state index contributed by atoms with van der Waals surface area (Å²) >= 11 is 0. The molecule has 0 aliphatic heterocycles. The van der Waals surface area contributed by atoms with Crippen molar-refractivity contribution >= 4 is 15.7 Å². The third-order valence-electron chi connectivity index (χ3n) is 3.62. The summed E-state index contributed by atoms with van der Waals surface area (Å²) in [5, 5.41) is 8.86. The van der Waals surface area contributed by atoms with Crippen molar-refractivity contribution in [3.63, 3.8) is 0 Å². The normalized spacial score (nSPS) is 13.5. The monoisotopic (exact) mass is 298 g/mol. The number of sulfonamides is 1. The van der Waals surface area contributed by atoms with Gasteiger partial charge in [0.25, 0.3) is 10.0 Å². The second-order valence-corrected chi connectivity index (χ2v) is 6.76. The van der Waals surface area contributed by atoms with Crippen LogP contribution in [-0.4, -0.2) is 8.42 Å². The van der Waals surface area contributed by atoms with Gasteiger partial charge in [0, 0.05) is 5.69 Å². The number of hydrogen-bond acceptors (Lipinski definition) is 3. The minimum Gasteiger partial charge on any atom is -0.280 e. The van der Waals surface area contributed by atoms with Crippen molar-refractivity contribution in [1.29, 1.82) is 5.26 Å². The summed E-state index contributed by atoms with van der Waals surface area (Å²) in [6.07, 6.45) is 3.18. The maximum atomic E-state index is 12.3. The topological polar surface area (TPSA) is 70.0 Å². The van der Waals surface area contributed by atoms with Crippen molar-refractivity contribution in [3.8, 4) is 6.07 Å². The minimum absolute atomic E-state index is 0.0991. The van der Waals surface area contributed by atoms with Gasteiger partial charge < -0.3 is 0 Å². The van der Waals surface area contributed by atoms with E-state index < -0.39 is 10.0 Å². The predicted molar refractivity (Wildman–Crippen MR) is 80.4 cm³/mol. The van der Waals surface area contributed by atoms with Gasteiger partial charge in [-0.3, -0.25) is 4.72 Å². The quantitative estimate of drug-likeness (QED) is 0.947. The molecule has 0 fully saturated rings. The molecule has 0 heterocycles. The largest absolute Gasteiger partial charge is 0.280 e. The van der Waals surface area contributed by atoms with Crippen molar-refractivity contribution in [2.45, 2.75) is 24.2 Å². The molecule has 2 aromatic carbocycles. The Bertz CT molecular complexity index is 836. The van der Waals surface area contributed by atoms with E-state index in [1.165, 1.54) is 23.3 Å². The number of nitriles is 1. The molecule has 4 nitrogen and oxygen atoms in total. The van der Waals surface area contributed by atoms with E-state index in [1.54, 1.807) is 18.2 Å². The van der Waals surface area contributed by atoms with Crippen LogP contribution >= 0.6 is 0 Å². The van der Waals surface area contributed by atoms with Crippen LogP contribution in [0.25, 0.3) is 0 Å². The zero-order valence-corrected chi connectivity index (χ0v) is 12.2. The smallest absolute Gasteiger partial charge is 0.261 e. The molecule has 0 unspecified atom stereocenters. The van der Waals surface area contributed by atoms with E-state index in [0.29, 0.717) is 11.3 Å². The number of rotatable bonds is 3. The van der Waals surface area contributed by atoms with E-state index in [0.717, 1.165) is 19.3 Å². The number of aryl methyl sites for hydroxylation is 2. The van der Waals surface area contributed by atoms with Crippen molar-refractivity contribution < 1.29 is 8.42 Å². The summed E-state index contributed by atoms with van der Waals surface area (Å²) in [7, 11) is -3.66. The molecule has 0 radical (unpaired) electrons. The van der Waals surface area contributed by atoms with Gasteiger partial charge in [0.1, 0.15) is 0 Å². The summed E-state index contributed by atoms with van der Waals surface area (Å²) in [4.78, 5) is 0.0991. The first kappa shape index (κ1) is 13.7. The van der Waals surface area contributed by atoms with Crippen LogP contribution in [0.5, 0.6) is 0 Å². The Labute approximate surface area is 124 Å². The number of nitrogens with one attached hydrogen (secondary N) is 1. The summed E-state index contributed by atoms with van der Waals surface area (Å²) in [6, 6.07) is 13.6. The van der Waals surface area contributed by atoms with E-state index >= 15 is 0 Å². The highest BCUT2D eigenvalue weighted by Crippen LogP contribution is 2.26. The molecule has 0 saturated heterocycles. The Balaban J connectivity index is 1.91. The lowest BCUT2D eigenvalue weighted by molar-refractivity contribution is 0.601. The van der Waals surface area contributed by atoms with Crippen LogP contribution in [-0.2, 0) is 22.9 Å². The van der Waals surface area contributed by atoms with Crippen LogP contribution in [0.4, 0.5) is 5.69 Å². The van der Waals surface area contributed by atoms with Crippen LogP contribution < -0.4 is 4.72 Å². The third kappa shape index (κ3) is 2.76. The molecule has 1 aliphatic rings. The molecule has 0 atom stereocenters. The highest BCUT2D eigenvalue weighted by molar-refractivity contribution is 7.92. The lowest BCUT2D eigenvalue weighted by Gasteiger charge is -2.10. The summed E-state index contributed by atoms with van der Waals surface area (Å²) in [5.41, 5.74) is 3.40. The molecule has 0 bridgehead atoms. The van der Waals surface area contributed by atoms with Crippen LogP contribution in [0.1, 0.15) is 23.1 Å². The zero-order valence-electron chi connectivity index (χ0n) is 11.3. The van der Waals surface area contributed by atoms with Gasteiger partial charge in [-0.1, -0.05) is 12.1 Å². The Kier molecular flexibility index (Phi) is 3.40. The van der Waals surface area contributed by atoms with E-state index in [2.05, 4.69) is 4.72 Å². The molecule has 1 aliphatic carbocycles. The first-order valence-corrected chi connectivity index (χ1v) is 8.21. The lowest BCUT2D eigenvalue weighted by Crippen LogP contribution is -2.13. The molecule has 3 rings (SSSR count). The highest BCUT2D eigenvalue weighted by Gasteiger charge is 2.16.